The van der Waals surface area contributed by atoms with Crippen LogP contribution < -0.4 is 45.0 Å². The number of alkyl halides is 4. The molecule has 0 aromatic carbocycles. The molecule has 0 fully saturated rings. The molecule has 3 N–H and O–H groups in total. The predicted molar refractivity (Wildman–Crippen MR) is 440 cm³/mol. The van der Waals surface area contributed by atoms with Gasteiger partial charge in [-0.05, 0) is 104 Å². The third-order valence-corrected chi connectivity index (χ3v) is 19.6. The fraction of sp³-hybridized carbons (Fsp3) is 0.351. The van der Waals surface area contributed by atoms with E-state index >= 15 is 0 Å². The van der Waals surface area contributed by atoms with E-state index in [9.17, 15) is 76.1 Å². The van der Waals surface area contributed by atoms with Crippen molar-refractivity contribution >= 4 is 106 Å². The fourth-order valence-corrected chi connectivity index (χ4v) is 10.6. The third-order valence-electron chi connectivity index (χ3n) is 17.4. The molecule has 116 heavy (non-hydrogen) atoms. The summed E-state index contributed by atoms with van der Waals surface area (Å²) in [4.78, 5) is 169. The van der Waals surface area contributed by atoms with Gasteiger partial charge in [0.1, 0.15) is 0 Å². The number of H-pyrrole nitrogens is 1. The van der Waals surface area contributed by atoms with E-state index in [1.165, 1.54) is 90.2 Å². The summed E-state index contributed by atoms with van der Waals surface area (Å²) in [5, 5.41) is 20.6. The van der Waals surface area contributed by atoms with Crippen LogP contribution in [0.25, 0.3) is 44.7 Å². The van der Waals surface area contributed by atoms with Crippen LogP contribution in [0.2, 0.25) is 19.6 Å². The Morgan fingerprint density at radius 1 is 0.466 bits per heavy atom. The Balaban J connectivity index is 0.000000216. The summed E-state index contributed by atoms with van der Waals surface area (Å²) in [6, 6.07) is 17.4. The number of aromatic nitrogens is 21. The van der Waals surface area contributed by atoms with E-state index in [0.717, 1.165) is 30.4 Å². The zero-order valence-corrected chi connectivity index (χ0v) is 70.6. The molecule has 0 spiro atoms. The van der Waals surface area contributed by atoms with Gasteiger partial charge in [-0.2, -0.15) is 13.2 Å². The van der Waals surface area contributed by atoms with E-state index in [4.69, 9.17) is 0 Å². The Morgan fingerprint density at radius 2 is 0.741 bits per heavy atom. The first kappa shape index (κ1) is 92.8. The summed E-state index contributed by atoms with van der Waals surface area (Å²) in [5.74, 6) is -3.90. The molecule has 13 aromatic heterocycles. The topological polar surface area (TPSA) is 427 Å². The van der Waals surface area contributed by atoms with Gasteiger partial charge < -0.3 is 28.5 Å². The molecule has 13 heterocycles. The van der Waals surface area contributed by atoms with Crippen molar-refractivity contribution in [3.05, 3.63) is 257 Å². The molecule has 0 aliphatic rings. The van der Waals surface area contributed by atoms with Gasteiger partial charge in [0.05, 0.1) is 78.9 Å². The molecule has 13 rings (SSSR count). The van der Waals surface area contributed by atoms with Crippen molar-refractivity contribution in [3.63, 3.8) is 0 Å². The monoisotopic (exact) mass is 1700 g/mol. The summed E-state index contributed by atoms with van der Waals surface area (Å²) in [5.41, 5.74) is 4.19. The summed E-state index contributed by atoms with van der Waals surface area (Å²) >= 11 is 6.46. The van der Waals surface area contributed by atoms with Crippen LogP contribution in [0.3, 0.4) is 0 Å². The van der Waals surface area contributed by atoms with E-state index in [1.54, 1.807) is 176 Å². The normalized spacial score (nSPS) is 11.2. The number of aliphatic hydroxyl groups is 2. The van der Waals surface area contributed by atoms with E-state index in [-0.39, 0.29) is 37.0 Å². The molecule has 35 nitrogen and oxygen atoms in total. The van der Waals surface area contributed by atoms with Crippen molar-refractivity contribution in [2.75, 3.05) is 0 Å². The van der Waals surface area contributed by atoms with Crippen molar-refractivity contribution in [2.45, 2.75) is 117 Å². The van der Waals surface area contributed by atoms with Crippen LogP contribution in [-0.2, 0) is 92.5 Å². The number of nitrogens with one attached hydrogen (secondary N) is 1. The SMILES string of the molecule is CC(=O)c1ccc(C)nc1.CC(=O)c1ccc(CBr)nc1.CC(=O)c1ccc(Cn2c(=O)c3c(ncn3C)n(C)c2=O)nc1.C[Si](C)(C)C(F)(F)F.Cn1cnc2c1c(=O)[nH]c(=O)n2C.Cn1cnc2c1c(=O)n(Cc1ccc(C(C)(C)O)cn1)c(=O)n2C.Cn1cnc2c1c(=O)n(Cc1ccc(C(C)(C)O)cn1)c(=O)n2C.[B]=NS. The van der Waals surface area contributed by atoms with Crippen LogP contribution in [0.5, 0.6) is 0 Å². The molecule has 0 aliphatic carbocycles. The molecule has 1 radical (unpaired) electrons. The number of pyridine rings is 5. The van der Waals surface area contributed by atoms with Crippen molar-refractivity contribution in [2.24, 2.45) is 60.7 Å². The van der Waals surface area contributed by atoms with E-state index in [2.05, 4.69) is 90.5 Å². The number of ketones is 3. The number of imidazole rings is 4. The van der Waals surface area contributed by atoms with Crippen molar-refractivity contribution in [3.8, 4) is 0 Å². The van der Waals surface area contributed by atoms with Crippen molar-refractivity contribution < 1.29 is 37.8 Å². The Hall–Kier alpha value is -12.0. The van der Waals surface area contributed by atoms with Gasteiger partial charge in [0.25, 0.3) is 22.2 Å². The molecule has 0 amide bonds. The number of carbonyl (C=O) groups is 3. The van der Waals surface area contributed by atoms with Gasteiger partial charge in [-0.15, -0.1) is 0 Å². The van der Waals surface area contributed by atoms with Crippen LogP contribution in [0.1, 0.15) is 119 Å². The number of hydrogen-bond donors (Lipinski definition) is 4. The number of aryl methyl sites for hydroxylation is 9. The minimum absolute atomic E-state index is 0.0326. The summed E-state index contributed by atoms with van der Waals surface area (Å²) in [6.07, 6.45) is 13.7. The molecule has 0 saturated heterocycles. The average Bonchev–Trinajstić information content (AvgIpc) is 1.57. The van der Waals surface area contributed by atoms with Crippen LogP contribution in [0, 0.1) is 6.92 Å². The number of thiol groups is 1. The Bertz CT molecular complexity index is 6060. The molecule has 0 saturated carbocycles. The van der Waals surface area contributed by atoms with E-state index in [1.807, 2.05) is 19.1 Å². The van der Waals surface area contributed by atoms with Crippen molar-refractivity contribution in [1.29, 1.82) is 0 Å². The van der Waals surface area contributed by atoms with Crippen LogP contribution in [0.4, 0.5) is 13.2 Å². The number of carbonyl (C=O) groups excluding carboxylic acids is 3. The van der Waals surface area contributed by atoms with Crippen molar-refractivity contribution in [1.82, 2.24) is 100 Å². The molecule has 42 heteroatoms. The number of Topliss-reactive ketones (excluding diaryl/α,β-unsaturated/α-hetero) is 3. The second-order valence-corrected chi connectivity index (χ2v) is 34.1. The molecule has 613 valence electrons. The Kier molecular flexibility index (Phi) is 31.1. The zero-order valence-electron chi connectivity index (χ0n) is 67.1. The van der Waals surface area contributed by atoms with Crippen LogP contribution in [-0.4, -0.2) is 149 Å². The quantitative estimate of drug-likeness (QED) is 0.0498. The first-order chi connectivity index (χ1) is 54.0. The number of aromatic amines is 1. The summed E-state index contributed by atoms with van der Waals surface area (Å²) < 4.78 is 52.6. The summed E-state index contributed by atoms with van der Waals surface area (Å²) in [6.45, 7) is 17.1. The minimum atomic E-state index is -3.92. The van der Waals surface area contributed by atoms with E-state index < -0.39 is 70.1 Å². The fourth-order valence-electron chi connectivity index (χ4n) is 10.2. The number of halogens is 4. The summed E-state index contributed by atoms with van der Waals surface area (Å²) in [7, 11) is 14.6. The molecule has 0 aliphatic heterocycles. The number of nitrogens with zero attached hydrogens (tertiary/aromatic N) is 21. The van der Waals surface area contributed by atoms with Gasteiger partial charge in [-0.3, -0.25) is 95.4 Å². The number of rotatable bonds is 12. The van der Waals surface area contributed by atoms with Gasteiger partial charge in [-0.25, -0.2) is 39.1 Å². The van der Waals surface area contributed by atoms with E-state index in [0.29, 0.717) is 89.6 Å². The molecular weight excluding hydrogens is 1610 g/mol. The maximum absolute atomic E-state index is 12.6. The van der Waals surface area contributed by atoms with Gasteiger partial charge >= 0.3 is 53.3 Å². The van der Waals surface area contributed by atoms with Gasteiger partial charge in [0.15, 0.2) is 70.1 Å². The van der Waals surface area contributed by atoms with Gasteiger partial charge in [-0.1, -0.05) is 47.7 Å². The molecule has 0 unspecified atom stereocenters. The molecular formula is C74H88BBrF3N22O13SSi. The first-order valence-electron chi connectivity index (χ1n) is 34.8. The molecule has 13 aromatic rings. The van der Waals surface area contributed by atoms with Crippen LogP contribution >= 0.6 is 28.7 Å². The van der Waals surface area contributed by atoms with Crippen LogP contribution in [0.15, 0.2) is 160 Å². The Labute approximate surface area is 675 Å². The number of hydrogen-bond acceptors (Lipinski definition) is 24. The standard InChI is InChI=1S/2C16H19N5O3.C15H15N5O3.C8H8BrNO.C8H9NO.C7H8N4O2.C4H9F3Si.BHNS/c2*1-16(2,24)10-5-6-11(17-7-10)8-21-14(22)12-13(18-9-19(12)3)20(4)15(21)23;1-9(21)10-4-5-11(16-6-10)7-20-14(22)12-13(17-8-18(12)2)19(3)15(20)23;1-6(11)7-2-3-8(4-9)10-5-7;1-6-3-4-8(5-9-6)7(2)10;1-10-3-8-5-4(10)6(12)9-7(13)11(5)2;1-8(2,3)4(5,6)7;1-2-3/h2*5-7,9,24H,8H2,1-4H3;4-6,8H,7H2,1-3H3;2-3,5H,4H2,1H3;3-5H,1-2H3;3H,1-2H3,(H,9,12,13);1-3H3;3H. The zero-order chi connectivity index (χ0) is 87.1. The number of fused-ring (bicyclic) bond motifs is 4. The molecule has 0 bridgehead atoms. The van der Waals surface area contributed by atoms with Gasteiger partial charge in [0, 0.05) is 126 Å². The maximum atomic E-state index is 12.6. The average molecular weight is 1700 g/mol. The second kappa shape index (κ2) is 38.9. The Morgan fingerprint density at radius 3 is 0.991 bits per heavy atom. The van der Waals surface area contributed by atoms with Gasteiger partial charge in [0.2, 0.25) is 0 Å². The third kappa shape index (κ3) is 22.9. The first-order valence-corrected chi connectivity index (χ1v) is 39.8. The predicted octanol–water partition coefficient (Wildman–Crippen LogP) is 5.63. The second-order valence-electron chi connectivity index (χ2n) is 28.3. The molecule has 0 atom stereocenters.